The molecule has 0 radical (unpaired) electrons. The standard InChI is InChI=1S/C15H16O4/c1-19-11-6-5-9-7-8-3-2-4-10(16)12(8)15(18)13(9)14(11)17/h2-6,9,11,13-14,16-17H,7H2,1H3. The van der Waals surface area contributed by atoms with E-state index in [0.29, 0.717) is 12.0 Å². The minimum absolute atomic E-state index is 0.00308. The summed E-state index contributed by atoms with van der Waals surface area (Å²) in [5.41, 5.74) is 1.20. The summed E-state index contributed by atoms with van der Waals surface area (Å²) in [4.78, 5) is 12.5. The van der Waals surface area contributed by atoms with Crippen molar-refractivity contribution in [3.8, 4) is 5.75 Å². The second-order valence-electron chi connectivity index (χ2n) is 5.15. The zero-order chi connectivity index (χ0) is 13.6. The van der Waals surface area contributed by atoms with Crippen LogP contribution in [0.3, 0.4) is 0 Å². The second-order valence-corrected chi connectivity index (χ2v) is 5.15. The molecule has 100 valence electrons. The number of aromatic hydroxyl groups is 1. The third-order valence-electron chi connectivity index (χ3n) is 4.12. The number of methoxy groups -OCH3 is 1. The first kappa shape index (κ1) is 12.4. The maximum atomic E-state index is 12.5. The molecule has 1 aromatic rings. The Morgan fingerprint density at radius 3 is 2.84 bits per heavy atom. The fourth-order valence-corrected chi connectivity index (χ4v) is 3.17. The number of aliphatic hydroxyl groups excluding tert-OH is 1. The molecule has 2 aliphatic carbocycles. The number of carbonyl (C=O) groups is 1. The number of ketones is 1. The molecule has 0 fully saturated rings. The van der Waals surface area contributed by atoms with Crippen LogP contribution >= 0.6 is 0 Å². The quantitative estimate of drug-likeness (QED) is 0.747. The zero-order valence-electron chi connectivity index (χ0n) is 10.6. The Kier molecular flexibility index (Phi) is 2.92. The van der Waals surface area contributed by atoms with Crippen LogP contribution in [0.5, 0.6) is 5.75 Å². The van der Waals surface area contributed by atoms with Gasteiger partial charge in [0, 0.05) is 7.11 Å². The third-order valence-corrected chi connectivity index (χ3v) is 4.12. The van der Waals surface area contributed by atoms with Crippen molar-refractivity contribution in [2.24, 2.45) is 11.8 Å². The first-order chi connectivity index (χ1) is 9.13. The number of Topliss-reactive ketones (excluding diaryl/α,β-unsaturated/α-hetero) is 1. The molecule has 0 heterocycles. The van der Waals surface area contributed by atoms with E-state index in [2.05, 4.69) is 0 Å². The van der Waals surface area contributed by atoms with E-state index in [1.165, 1.54) is 13.2 Å². The summed E-state index contributed by atoms with van der Waals surface area (Å²) in [5, 5.41) is 20.1. The number of carbonyl (C=O) groups excluding carboxylic acids is 1. The van der Waals surface area contributed by atoms with Crippen LogP contribution in [-0.2, 0) is 11.2 Å². The highest BCUT2D eigenvalue weighted by atomic mass is 16.5. The van der Waals surface area contributed by atoms with Gasteiger partial charge in [-0.3, -0.25) is 4.79 Å². The summed E-state index contributed by atoms with van der Waals surface area (Å²) in [5.74, 6) is -0.751. The maximum absolute atomic E-state index is 12.5. The van der Waals surface area contributed by atoms with Crippen LogP contribution in [0.15, 0.2) is 30.4 Å². The largest absolute Gasteiger partial charge is 0.507 e. The Labute approximate surface area is 111 Å². The molecule has 4 nitrogen and oxygen atoms in total. The van der Waals surface area contributed by atoms with E-state index >= 15 is 0 Å². The topological polar surface area (TPSA) is 66.8 Å². The van der Waals surface area contributed by atoms with E-state index in [1.54, 1.807) is 6.07 Å². The molecule has 0 aromatic heterocycles. The van der Waals surface area contributed by atoms with Gasteiger partial charge in [-0.1, -0.05) is 24.3 Å². The predicted molar refractivity (Wildman–Crippen MR) is 69.1 cm³/mol. The van der Waals surface area contributed by atoms with Crippen LogP contribution in [-0.4, -0.2) is 35.3 Å². The summed E-state index contributed by atoms with van der Waals surface area (Å²) >= 11 is 0. The number of phenolic OH excluding ortho intramolecular Hbond substituents is 1. The van der Waals surface area contributed by atoms with Crippen molar-refractivity contribution in [3.05, 3.63) is 41.5 Å². The van der Waals surface area contributed by atoms with Crippen LogP contribution in [0.2, 0.25) is 0 Å². The van der Waals surface area contributed by atoms with Crippen molar-refractivity contribution in [3.63, 3.8) is 0 Å². The number of hydrogen-bond donors (Lipinski definition) is 2. The Bertz CT molecular complexity index is 549. The van der Waals surface area contributed by atoms with E-state index < -0.39 is 18.1 Å². The lowest BCUT2D eigenvalue weighted by Crippen LogP contribution is -2.47. The number of fused-ring (bicyclic) bond motifs is 2. The molecule has 1 aromatic carbocycles. The lowest BCUT2D eigenvalue weighted by Gasteiger charge is -2.38. The highest BCUT2D eigenvalue weighted by Crippen LogP contribution is 2.40. The van der Waals surface area contributed by atoms with Gasteiger partial charge in [0.25, 0.3) is 0 Å². The van der Waals surface area contributed by atoms with Gasteiger partial charge in [-0.2, -0.15) is 0 Å². The van der Waals surface area contributed by atoms with Crippen LogP contribution in [0.4, 0.5) is 0 Å². The van der Waals surface area contributed by atoms with Gasteiger partial charge >= 0.3 is 0 Å². The molecule has 3 rings (SSSR count). The third kappa shape index (κ3) is 1.79. The maximum Gasteiger partial charge on any atom is 0.173 e. The smallest absolute Gasteiger partial charge is 0.173 e. The van der Waals surface area contributed by atoms with Crippen molar-refractivity contribution < 1.29 is 19.7 Å². The average molecular weight is 260 g/mol. The first-order valence-corrected chi connectivity index (χ1v) is 6.37. The van der Waals surface area contributed by atoms with Crippen LogP contribution in [0.25, 0.3) is 0 Å². The molecule has 19 heavy (non-hydrogen) atoms. The summed E-state index contributed by atoms with van der Waals surface area (Å²) in [7, 11) is 1.51. The van der Waals surface area contributed by atoms with Crippen molar-refractivity contribution in [1.82, 2.24) is 0 Å². The van der Waals surface area contributed by atoms with E-state index in [1.807, 2.05) is 18.2 Å². The summed E-state index contributed by atoms with van der Waals surface area (Å²) in [6.07, 6.45) is 3.09. The fraction of sp³-hybridized carbons (Fsp3) is 0.400. The average Bonchev–Trinajstić information content (AvgIpc) is 2.39. The lowest BCUT2D eigenvalue weighted by molar-refractivity contribution is -0.0284. The molecule has 0 saturated carbocycles. The molecule has 0 bridgehead atoms. The molecule has 0 amide bonds. The number of allylic oxidation sites excluding steroid dienone is 1. The Morgan fingerprint density at radius 1 is 1.32 bits per heavy atom. The highest BCUT2D eigenvalue weighted by molar-refractivity contribution is 6.03. The van der Waals surface area contributed by atoms with Crippen molar-refractivity contribution in [1.29, 1.82) is 0 Å². The molecule has 2 aliphatic rings. The molecule has 0 aliphatic heterocycles. The monoisotopic (exact) mass is 260 g/mol. The number of benzene rings is 1. The van der Waals surface area contributed by atoms with Gasteiger partial charge in [0.05, 0.1) is 17.6 Å². The van der Waals surface area contributed by atoms with Gasteiger partial charge in [-0.15, -0.1) is 0 Å². The van der Waals surface area contributed by atoms with E-state index in [4.69, 9.17) is 4.74 Å². The van der Waals surface area contributed by atoms with Crippen molar-refractivity contribution >= 4 is 5.78 Å². The summed E-state index contributed by atoms with van der Waals surface area (Å²) in [6.45, 7) is 0. The number of phenols is 1. The molecular weight excluding hydrogens is 244 g/mol. The normalized spacial score (nSPS) is 32.8. The lowest BCUT2D eigenvalue weighted by atomic mass is 9.68. The van der Waals surface area contributed by atoms with E-state index in [-0.39, 0.29) is 17.5 Å². The number of ether oxygens (including phenoxy) is 1. The number of rotatable bonds is 1. The molecule has 4 atom stereocenters. The van der Waals surface area contributed by atoms with E-state index in [0.717, 1.165) is 5.56 Å². The van der Waals surface area contributed by atoms with Crippen molar-refractivity contribution in [2.45, 2.75) is 18.6 Å². The molecule has 0 saturated heterocycles. The van der Waals surface area contributed by atoms with Gasteiger partial charge in [-0.05, 0) is 24.0 Å². The minimum Gasteiger partial charge on any atom is -0.507 e. The predicted octanol–water partition coefficient (Wildman–Crippen LogP) is 1.31. The minimum atomic E-state index is -0.861. The Balaban J connectivity index is 2.06. The molecule has 2 N–H and O–H groups in total. The van der Waals surface area contributed by atoms with E-state index in [9.17, 15) is 15.0 Å². The first-order valence-electron chi connectivity index (χ1n) is 6.37. The number of aliphatic hydroxyl groups is 1. The van der Waals surface area contributed by atoms with Crippen LogP contribution in [0, 0.1) is 11.8 Å². The number of hydrogen-bond acceptors (Lipinski definition) is 4. The zero-order valence-corrected chi connectivity index (χ0v) is 10.6. The molecule has 0 spiro atoms. The van der Waals surface area contributed by atoms with Gasteiger partial charge in [-0.25, -0.2) is 0 Å². The van der Waals surface area contributed by atoms with Gasteiger partial charge < -0.3 is 14.9 Å². The SMILES string of the molecule is COC1C=CC2Cc3cccc(O)c3C(=O)C2C1O. The molecule has 4 unspecified atom stereocenters. The molecule has 4 heteroatoms. The van der Waals surface area contributed by atoms with Crippen LogP contribution < -0.4 is 0 Å². The summed E-state index contributed by atoms with van der Waals surface area (Å²) < 4.78 is 5.17. The molecular formula is C15H16O4. The second kappa shape index (κ2) is 4.47. The highest BCUT2D eigenvalue weighted by Gasteiger charge is 2.44. The Hall–Kier alpha value is -1.65. The van der Waals surface area contributed by atoms with Crippen LogP contribution in [0.1, 0.15) is 15.9 Å². The van der Waals surface area contributed by atoms with Gasteiger partial charge in [0.1, 0.15) is 11.9 Å². The summed E-state index contributed by atoms with van der Waals surface area (Å²) in [6, 6.07) is 5.10. The van der Waals surface area contributed by atoms with Gasteiger partial charge in [0.2, 0.25) is 0 Å². The Morgan fingerprint density at radius 2 is 2.11 bits per heavy atom. The van der Waals surface area contributed by atoms with Gasteiger partial charge in [0.15, 0.2) is 5.78 Å². The van der Waals surface area contributed by atoms with Crippen molar-refractivity contribution in [2.75, 3.05) is 7.11 Å². The fourth-order valence-electron chi connectivity index (χ4n) is 3.17.